The Morgan fingerprint density at radius 1 is 1.24 bits per heavy atom. The fourth-order valence-corrected chi connectivity index (χ4v) is 5.23. The van der Waals surface area contributed by atoms with Crippen LogP contribution in [0.1, 0.15) is 5.56 Å². The Kier molecular flexibility index (Phi) is 5.14. The highest BCUT2D eigenvalue weighted by atomic mass is 35.5. The minimum absolute atomic E-state index is 0.0228. The molecular formula is C19H15ClFN3O3S2. The molecule has 0 atom stereocenters. The molecule has 0 N–H and O–H groups in total. The summed E-state index contributed by atoms with van der Waals surface area (Å²) in [6.45, 7) is 0. The Hall–Kier alpha value is -2.36. The van der Waals surface area contributed by atoms with Crippen molar-refractivity contribution >= 4 is 39.1 Å². The van der Waals surface area contributed by atoms with Gasteiger partial charge in [0.15, 0.2) is 16.7 Å². The maximum Gasteiger partial charge on any atom is 0.267 e. The number of fused-ring (bicyclic) bond motifs is 3. The molecule has 0 saturated carbocycles. The van der Waals surface area contributed by atoms with Gasteiger partial charge in [-0.2, -0.15) is 0 Å². The molecule has 0 unspecified atom stereocenters. The molecule has 10 heteroatoms. The van der Waals surface area contributed by atoms with E-state index in [4.69, 9.17) is 16.3 Å². The molecule has 1 aliphatic heterocycles. The van der Waals surface area contributed by atoms with E-state index < -0.39 is 15.8 Å². The first-order valence-electron chi connectivity index (χ1n) is 8.42. The summed E-state index contributed by atoms with van der Waals surface area (Å²) < 4.78 is 45.6. The highest BCUT2D eigenvalue weighted by Crippen LogP contribution is 2.42. The van der Waals surface area contributed by atoms with Gasteiger partial charge in [0.25, 0.3) is 10.0 Å². The summed E-state index contributed by atoms with van der Waals surface area (Å²) in [6.07, 6.45) is 1.30. The van der Waals surface area contributed by atoms with Crippen LogP contribution in [0, 0.1) is 5.82 Å². The Morgan fingerprint density at radius 2 is 2.03 bits per heavy atom. The number of benzene rings is 2. The second-order valence-corrected chi connectivity index (χ2v) is 9.57. The van der Waals surface area contributed by atoms with Crippen LogP contribution in [-0.2, 0) is 15.8 Å². The largest absolute Gasteiger partial charge is 0.494 e. The first-order valence-corrected chi connectivity index (χ1v) is 11.2. The molecular weight excluding hydrogens is 437 g/mol. The number of anilines is 1. The lowest BCUT2D eigenvalue weighted by Crippen LogP contribution is -2.31. The van der Waals surface area contributed by atoms with E-state index in [0.717, 1.165) is 5.56 Å². The van der Waals surface area contributed by atoms with Gasteiger partial charge in [0.1, 0.15) is 4.90 Å². The van der Waals surface area contributed by atoms with Crippen molar-refractivity contribution in [3.05, 3.63) is 59.0 Å². The summed E-state index contributed by atoms with van der Waals surface area (Å²) >= 11 is 7.40. The lowest BCUT2D eigenvalue weighted by atomic mass is 10.1. The predicted molar refractivity (Wildman–Crippen MR) is 111 cm³/mol. The van der Waals surface area contributed by atoms with Crippen LogP contribution in [0.4, 0.5) is 10.1 Å². The smallest absolute Gasteiger partial charge is 0.267 e. The van der Waals surface area contributed by atoms with E-state index in [1.165, 1.54) is 42.5 Å². The summed E-state index contributed by atoms with van der Waals surface area (Å²) in [4.78, 5) is 8.67. The van der Waals surface area contributed by atoms with Gasteiger partial charge in [-0.3, -0.25) is 4.31 Å². The predicted octanol–water partition coefficient (Wildman–Crippen LogP) is 4.38. The van der Waals surface area contributed by atoms with E-state index in [1.807, 2.05) is 0 Å². The van der Waals surface area contributed by atoms with Crippen molar-refractivity contribution in [2.75, 3.05) is 18.5 Å². The number of sulfonamides is 1. The SMILES string of the molecule is COc1ccc(CSc2ncc3c(n2)-c2cc(Cl)ccc2N(C)S3(=O)=O)cc1F. The molecule has 0 bridgehead atoms. The summed E-state index contributed by atoms with van der Waals surface area (Å²) in [5, 5.41) is 0.856. The summed E-state index contributed by atoms with van der Waals surface area (Å²) in [5.41, 5.74) is 2.14. The molecule has 6 nitrogen and oxygen atoms in total. The van der Waals surface area contributed by atoms with Crippen LogP contribution in [-0.4, -0.2) is 32.5 Å². The molecule has 0 saturated heterocycles. The van der Waals surface area contributed by atoms with Crippen molar-refractivity contribution in [1.82, 2.24) is 9.97 Å². The number of aromatic nitrogens is 2. The first-order chi connectivity index (χ1) is 13.8. The van der Waals surface area contributed by atoms with E-state index >= 15 is 0 Å². The number of hydrogen-bond donors (Lipinski definition) is 0. The van der Waals surface area contributed by atoms with E-state index in [1.54, 1.807) is 30.3 Å². The molecule has 4 rings (SSSR count). The van der Waals surface area contributed by atoms with Crippen molar-refractivity contribution < 1.29 is 17.5 Å². The minimum atomic E-state index is -3.75. The van der Waals surface area contributed by atoms with Gasteiger partial charge in [-0.1, -0.05) is 29.4 Å². The van der Waals surface area contributed by atoms with E-state index in [2.05, 4.69) is 9.97 Å². The average molecular weight is 452 g/mol. The van der Waals surface area contributed by atoms with E-state index in [-0.39, 0.29) is 10.6 Å². The molecule has 0 fully saturated rings. The second-order valence-electron chi connectivity index (χ2n) is 6.26. The Bertz CT molecular complexity index is 1220. The molecule has 0 amide bonds. The lowest BCUT2D eigenvalue weighted by Gasteiger charge is -2.28. The van der Waals surface area contributed by atoms with Gasteiger partial charge in [-0.25, -0.2) is 22.8 Å². The number of methoxy groups -OCH3 is 1. The highest BCUT2D eigenvalue weighted by molar-refractivity contribution is 7.98. The molecule has 1 aromatic heterocycles. The highest BCUT2D eigenvalue weighted by Gasteiger charge is 2.34. The number of hydrogen-bond acceptors (Lipinski definition) is 6. The van der Waals surface area contributed by atoms with Crippen molar-refractivity contribution in [3.8, 4) is 17.0 Å². The molecule has 1 aliphatic rings. The molecule has 29 heavy (non-hydrogen) atoms. The zero-order chi connectivity index (χ0) is 20.8. The van der Waals surface area contributed by atoms with Gasteiger partial charge in [0, 0.05) is 23.4 Å². The Morgan fingerprint density at radius 3 is 2.76 bits per heavy atom. The van der Waals surface area contributed by atoms with Gasteiger partial charge in [0.05, 0.1) is 24.7 Å². The number of nitrogens with zero attached hydrogens (tertiary/aromatic N) is 3. The zero-order valence-corrected chi connectivity index (χ0v) is 17.8. The van der Waals surface area contributed by atoms with Crippen molar-refractivity contribution in [1.29, 1.82) is 0 Å². The van der Waals surface area contributed by atoms with Crippen LogP contribution in [0.3, 0.4) is 0 Å². The monoisotopic (exact) mass is 451 g/mol. The van der Waals surface area contributed by atoms with Crippen LogP contribution in [0.15, 0.2) is 52.6 Å². The van der Waals surface area contributed by atoms with Gasteiger partial charge in [-0.15, -0.1) is 0 Å². The maximum atomic E-state index is 13.9. The number of rotatable bonds is 4. The van der Waals surface area contributed by atoms with Gasteiger partial charge < -0.3 is 4.74 Å². The third-order valence-electron chi connectivity index (χ3n) is 4.51. The molecule has 0 radical (unpaired) electrons. The first kappa shape index (κ1) is 19.9. The van der Waals surface area contributed by atoms with Crippen LogP contribution in [0.25, 0.3) is 11.3 Å². The summed E-state index contributed by atoms with van der Waals surface area (Å²) in [7, 11) is -0.868. The zero-order valence-electron chi connectivity index (χ0n) is 15.4. The molecule has 3 aromatic rings. The molecule has 2 aromatic carbocycles. The van der Waals surface area contributed by atoms with Crippen LogP contribution < -0.4 is 9.04 Å². The second kappa shape index (κ2) is 7.47. The van der Waals surface area contributed by atoms with Crippen LogP contribution >= 0.6 is 23.4 Å². The summed E-state index contributed by atoms with van der Waals surface area (Å²) in [6, 6.07) is 9.65. The number of thioether (sulfide) groups is 1. The molecule has 0 aliphatic carbocycles. The molecule has 0 spiro atoms. The standard InChI is InChI=1S/C19H15ClFN3O3S2/c1-24-15-5-4-12(20)8-13(15)18-17(29(24,25)26)9-22-19(23-18)28-10-11-3-6-16(27-2)14(21)7-11/h3-9H,10H2,1-2H3. The normalized spacial score (nSPS) is 14.3. The lowest BCUT2D eigenvalue weighted by molar-refractivity contribution is 0.386. The van der Waals surface area contributed by atoms with Crippen molar-refractivity contribution in [3.63, 3.8) is 0 Å². The fraction of sp³-hybridized carbons (Fsp3) is 0.158. The fourth-order valence-electron chi connectivity index (χ4n) is 3.00. The quantitative estimate of drug-likeness (QED) is 0.433. The Balaban J connectivity index is 1.69. The third kappa shape index (κ3) is 3.54. The number of halogens is 2. The van der Waals surface area contributed by atoms with Crippen molar-refractivity contribution in [2.45, 2.75) is 15.8 Å². The molecule has 150 valence electrons. The van der Waals surface area contributed by atoms with Crippen molar-refractivity contribution in [2.24, 2.45) is 0 Å². The van der Waals surface area contributed by atoms with Gasteiger partial charge in [-0.05, 0) is 35.9 Å². The van der Waals surface area contributed by atoms with E-state index in [0.29, 0.717) is 32.9 Å². The van der Waals surface area contributed by atoms with Crippen LogP contribution in [0.2, 0.25) is 5.02 Å². The van der Waals surface area contributed by atoms with E-state index in [9.17, 15) is 12.8 Å². The van der Waals surface area contributed by atoms with Crippen LogP contribution in [0.5, 0.6) is 5.75 Å². The maximum absolute atomic E-state index is 13.9. The minimum Gasteiger partial charge on any atom is -0.494 e. The summed E-state index contributed by atoms with van der Waals surface area (Å²) in [5.74, 6) is 0.135. The number of ether oxygens (including phenoxy) is 1. The molecule has 2 heterocycles. The average Bonchev–Trinajstić information content (AvgIpc) is 2.70. The third-order valence-corrected chi connectivity index (χ3v) is 7.45. The van der Waals surface area contributed by atoms with Gasteiger partial charge >= 0.3 is 0 Å². The Labute approximate surface area is 176 Å². The van der Waals surface area contributed by atoms with Gasteiger partial charge in [0.2, 0.25) is 0 Å². The topological polar surface area (TPSA) is 72.4 Å².